The van der Waals surface area contributed by atoms with Gasteiger partial charge in [-0.15, -0.1) is 0 Å². The van der Waals surface area contributed by atoms with Gasteiger partial charge in [0.2, 0.25) is 5.83 Å². The molecule has 0 heterocycles. The summed E-state index contributed by atoms with van der Waals surface area (Å²) in [6, 6.07) is 6.58. The summed E-state index contributed by atoms with van der Waals surface area (Å²) in [5.74, 6) is -2.37. The Kier molecular flexibility index (Phi) is 3.23. The Morgan fingerprint density at radius 1 is 1.50 bits per heavy atom. The molecule has 0 fully saturated rings. The quantitative estimate of drug-likeness (QED) is 0.753. The average molecular weight is 196 g/mol. The molecule has 3 nitrogen and oxygen atoms in total. The van der Waals surface area contributed by atoms with Crippen LogP contribution in [-0.2, 0) is 4.79 Å². The summed E-state index contributed by atoms with van der Waals surface area (Å²) in [7, 11) is 1.44. The van der Waals surface area contributed by atoms with Crippen molar-refractivity contribution in [3.63, 3.8) is 0 Å². The predicted octanol–water partition coefficient (Wildman–Crippen LogP) is 2.09. The first-order valence-corrected chi connectivity index (χ1v) is 3.88. The zero-order valence-electron chi connectivity index (χ0n) is 7.53. The molecule has 14 heavy (non-hydrogen) atoms. The molecular formula is C10H9FO3. The van der Waals surface area contributed by atoms with Gasteiger partial charge in [-0.2, -0.15) is 4.39 Å². The number of halogens is 1. The number of rotatable bonds is 3. The Labute approximate surface area is 80.4 Å². The van der Waals surface area contributed by atoms with E-state index in [9.17, 15) is 9.18 Å². The summed E-state index contributed by atoms with van der Waals surface area (Å²) in [6.07, 6.45) is 0.918. The Balaban J connectivity index is 3.07. The molecule has 0 spiro atoms. The maximum absolute atomic E-state index is 12.7. The van der Waals surface area contributed by atoms with Crippen LogP contribution in [0, 0.1) is 0 Å². The van der Waals surface area contributed by atoms with Crippen LogP contribution in [0.1, 0.15) is 5.56 Å². The number of hydrogen-bond donors (Lipinski definition) is 1. The number of methoxy groups -OCH3 is 1. The highest BCUT2D eigenvalue weighted by atomic mass is 19.1. The van der Waals surface area contributed by atoms with Gasteiger partial charge in [0.05, 0.1) is 7.11 Å². The smallest absolute Gasteiger partial charge is 0.364 e. The molecule has 4 heteroatoms. The zero-order chi connectivity index (χ0) is 10.6. The molecule has 0 bridgehead atoms. The molecule has 0 radical (unpaired) electrons. The van der Waals surface area contributed by atoms with Crippen molar-refractivity contribution in [2.45, 2.75) is 0 Å². The summed E-state index contributed by atoms with van der Waals surface area (Å²) < 4.78 is 17.7. The molecule has 0 saturated heterocycles. The van der Waals surface area contributed by atoms with Crippen LogP contribution in [0.4, 0.5) is 4.39 Å². The van der Waals surface area contributed by atoms with E-state index in [0.717, 1.165) is 6.08 Å². The molecule has 0 aliphatic carbocycles. The lowest BCUT2D eigenvalue weighted by atomic mass is 10.2. The zero-order valence-corrected chi connectivity index (χ0v) is 7.53. The van der Waals surface area contributed by atoms with Gasteiger partial charge in [0.25, 0.3) is 0 Å². The molecule has 1 aromatic carbocycles. The SMILES string of the molecule is COc1ccccc1/C=C(\F)C(=O)O. The maximum Gasteiger partial charge on any atom is 0.364 e. The summed E-state index contributed by atoms with van der Waals surface area (Å²) >= 11 is 0. The van der Waals surface area contributed by atoms with E-state index in [0.29, 0.717) is 11.3 Å². The number of ether oxygens (including phenoxy) is 1. The van der Waals surface area contributed by atoms with Gasteiger partial charge in [-0.1, -0.05) is 18.2 Å². The molecule has 0 aromatic heterocycles. The Bertz CT molecular complexity index is 371. The molecule has 0 unspecified atom stereocenters. The van der Waals surface area contributed by atoms with Gasteiger partial charge in [-0.25, -0.2) is 4.79 Å². The summed E-state index contributed by atoms with van der Waals surface area (Å²) in [5.41, 5.74) is 0.398. The minimum absolute atomic E-state index is 0.398. The van der Waals surface area contributed by atoms with E-state index >= 15 is 0 Å². The molecule has 1 aromatic rings. The van der Waals surface area contributed by atoms with Crippen molar-refractivity contribution in [2.24, 2.45) is 0 Å². The summed E-state index contributed by atoms with van der Waals surface area (Å²) in [4.78, 5) is 10.2. The normalized spacial score (nSPS) is 11.1. The fourth-order valence-electron chi connectivity index (χ4n) is 0.984. The van der Waals surface area contributed by atoms with Crippen LogP contribution in [0.2, 0.25) is 0 Å². The van der Waals surface area contributed by atoms with Crippen LogP contribution >= 0.6 is 0 Å². The Morgan fingerprint density at radius 2 is 2.14 bits per heavy atom. The topological polar surface area (TPSA) is 46.5 Å². The van der Waals surface area contributed by atoms with Gasteiger partial charge < -0.3 is 9.84 Å². The molecule has 0 aliphatic heterocycles. The second-order valence-corrected chi connectivity index (χ2v) is 2.54. The van der Waals surface area contributed by atoms with Crippen molar-refractivity contribution in [1.82, 2.24) is 0 Å². The highest BCUT2D eigenvalue weighted by molar-refractivity contribution is 5.90. The van der Waals surface area contributed by atoms with Crippen molar-refractivity contribution in [1.29, 1.82) is 0 Å². The van der Waals surface area contributed by atoms with Gasteiger partial charge in [-0.3, -0.25) is 0 Å². The number of carbonyl (C=O) groups is 1. The molecule has 74 valence electrons. The van der Waals surface area contributed by atoms with Gasteiger partial charge in [0.1, 0.15) is 5.75 Å². The van der Waals surface area contributed by atoms with Crippen LogP contribution in [0.3, 0.4) is 0 Å². The van der Waals surface area contributed by atoms with Crippen LogP contribution in [0.5, 0.6) is 5.75 Å². The van der Waals surface area contributed by atoms with Crippen molar-refractivity contribution >= 4 is 12.0 Å². The largest absolute Gasteiger partial charge is 0.496 e. The van der Waals surface area contributed by atoms with Crippen LogP contribution in [0.15, 0.2) is 30.1 Å². The number of aliphatic carboxylic acids is 1. The first-order valence-electron chi connectivity index (χ1n) is 3.88. The molecular weight excluding hydrogens is 187 g/mol. The lowest BCUT2D eigenvalue weighted by Gasteiger charge is -2.02. The van der Waals surface area contributed by atoms with E-state index < -0.39 is 11.8 Å². The van der Waals surface area contributed by atoms with Gasteiger partial charge in [-0.05, 0) is 12.1 Å². The number of hydrogen-bond acceptors (Lipinski definition) is 2. The van der Waals surface area contributed by atoms with Crippen molar-refractivity contribution in [3.8, 4) is 5.75 Å². The fraction of sp³-hybridized carbons (Fsp3) is 0.100. The highest BCUT2D eigenvalue weighted by Gasteiger charge is 2.07. The predicted molar refractivity (Wildman–Crippen MR) is 49.7 cm³/mol. The Hall–Kier alpha value is -1.84. The minimum atomic E-state index is -1.59. The first kappa shape index (κ1) is 10.2. The van der Waals surface area contributed by atoms with E-state index in [-0.39, 0.29) is 0 Å². The molecule has 0 atom stereocenters. The molecule has 1 N–H and O–H groups in total. The first-order chi connectivity index (χ1) is 6.65. The monoisotopic (exact) mass is 196 g/mol. The van der Waals surface area contributed by atoms with Crippen LogP contribution < -0.4 is 4.74 Å². The van der Waals surface area contributed by atoms with E-state index in [1.807, 2.05) is 0 Å². The van der Waals surface area contributed by atoms with Crippen molar-refractivity contribution < 1.29 is 19.0 Å². The van der Waals surface area contributed by atoms with Gasteiger partial charge in [0, 0.05) is 5.56 Å². The van der Waals surface area contributed by atoms with Gasteiger partial charge in [0.15, 0.2) is 0 Å². The average Bonchev–Trinajstić information content (AvgIpc) is 2.18. The van der Waals surface area contributed by atoms with E-state index in [2.05, 4.69) is 0 Å². The van der Waals surface area contributed by atoms with E-state index in [4.69, 9.17) is 9.84 Å². The third-order valence-electron chi connectivity index (χ3n) is 1.63. The number of carboxylic acids is 1. The molecule has 0 amide bonds. The maximum atomic E-state index is 12.7. The van der Waals surface area contributed by atoms with Crippen molar-refractivity contribution in [3.05, 3.63) is 35.7 Å². The summed E-state index contributed by atoms with van der Waals surface area (Å²) in [5, 5.41) is 8.32. The lowest BCUT2D eigenvalue weighted by Crippen LogP contribution is -1.95. The standard InChI is InChI=1S/C10H9FO3/c1-14-9-5-3-2-4-7(9)6-8(11)10(12)13/h2-6H,1H3,(H,12,13)/b8-6-. The number of benzene rings is 1. The number of carboxylic acid groups (broad SMARTS) is 1. The third-order valence-corrected chi connectivity index (χ3v) is 1.63. The summed E-state index contributed by atoms with van der Waals surface area (Å²) in [6.45, 7) is 0. The second-order valence-electron chi connectivity index (χ2n) is 2.54. The molecule has 0 saturated carbocycles. The minimum Gasteiger partial charge on any atom is -0.496 e. The Morgan fingerprint density at radius 3 is 2.71 bits per heavy atom. The molecule has 0 aliphatic rings. The third kappa shape index (κ3) is 2.32. The second kappa shape index (κ2) is 4.41. The van der Waals surface area contributed by atoms with Crippen LogP contribution in [-0.4, -0.2) is 18.2 Å². The van der Waals surface area contributed by atoms with Gasteiger partial charge >= 0.3 is 5.97 Å². The van der Waals surface area contributed by atoms with E-state index in [1.165, 1.54) is 7.11 Å². The van der Waals surface area contributed by atoms with E-state index in [1.54, 1.807) is 24.3 Å². The fourth-order valence-corrected chi connectivity index (χ4v) is 0.984. The lowest BCUT2D eigenvalue weighted by molar-refractivity contribution is -0.134. The van der Waals surface area contributed by atoms with Crippen molar-refractivity contribution in [2.75, 3.05) is 7.11 Å². The van der Waals surface area contributed by atoms with Crippen LogP contribution in [0.25, 0.3) is 6.08 Å². The highest BCUT2D eigenvalue weighted by Crippen LogP contribution is 2.20. The molecule has 1 rings (SSSR count). The number of para-hydroxylation sites is 1.